The summed E-state index contributed by atoms with van der Waals surface area (Å²) in [5.74, 6) is 0. The van der Waals surface area contributed by atoms with E-state index in [0.29, 0.717) is 6.04 Å². The number of aromatic nitrogens is 2. The number of hydrogen-bond acceptors (Lipinski definition) is 3. The van der Waals surface area contributed by atoms with E-state index in [4.69, 9.17) is 0 Å². The monoisotopic (exact) mass is 235 g/mol. The molecule has 0 unspecified atom stereocenters. The van der Waals surface area contributed by atoms with Crippen LogP contribution in [0.1, 0.15) is 30.3 Å². The van der Waals surface area contributed by atoms with Crippen LogP contribution in [-0.2, 0) is 6.54 Å². The van der Waals surface area contributed by atoms with Crippen LogP contribution in [0.2, 0.25) is 0 Å². The number of hydrogen-bond donors (Lipinski definition) is 1. The Bertz CT molecular complexity index is 456. The summed E-state index contributed by atoms with van der Waals surface area (Å²) >= 11 is 1.79. The molecule has 86 valence electrons. The molecule has 0 saturated heterocycles. The lowest BCUT2D eigenvalue weighted by Crippen LogP contribution is -2.00. The van der Waals surface area contributed by atoms with E-state index in [2.05, 4.69) is 42.6 Å². The Kier molecular flexibility index (Phi) is 3.29. The van der Waals surface area contributed by atoms with E-state index >= 15 is 0 Å². The predicted octanol–water partition coefficient (Wildman–Crippen LogP) is 3.45. The summed E-state index contributed by atoms with van der Waals surface area (Å²) in [5.41, 5.74) is 2.44. The van der Waals surface area contributed by atoms with Gasteiger partial charge in [-0.1, -0.05) is 0 Å². The molecule has 2 heterocycles. The summed E-state index contributed by atoms with van der Waals surface area (Å²) in [5, 5.41) is 9.81. The van der Waals surface area contributed by atoms with Crippen molar-refractivity contribution in [2.75, 3.05) is 5.32 Å². The lowest BCUT2D eigenvalue weighted by atomic mass is 10.3. The van der Waals surface area contributed by atoms with Gasteiger partial charge in [-0.3, -0.25) is 4.68 Å². The summed E-state index contributed by atoms with van der Waals surface area (Å²) in [7, 11) is 0. The van der Waals surface area contributed by atoms with Crippen molar-refractivity contribution < 1.29 is 0 Å². The van der Waals surface area contributed by atoms with Crippen LogP contribution in [0.3, 0.4) is 0 Å². The van der Waals surface area contributed by atoms with E-state index in [0.717, 1.165) is 12.2 Å². The summed E-state index contributed by atoms with van der Waals surface area (Å²) in [6, 6.07) is 2.57. The molecule has 2 aromatic heterocycles. The van der Waals surface area contributed by atoms with E-state index in [-0.39, 0.29) is 0 Å². The van der Waals surface area contributed by atoms with Gasteiger partial charge in [-0.2, -0.15) is 5.10 Å². The molecule has 16 heavy (non-hydrogen) atoms. The highest BCUT2D eigenvalue weighted by Gasteiger charge is 2.03. The van der Waals surface area contributed by atoms with Crippen molar-refractivity contribution in [3.8, 4) is 0 Å². The second-order valence-corrected chi connectivity index (χ2v) is 5.18. The van der Waals surface area contributed by atoms with Crippen molar-refractivity contribution in [2.24, 2.45) is 0 Å². The zero-order chi connectivity index (χ0) is 11.5. The van der Waals surface area contributed by atoms with Crippen molar-refractivity contribution >= 4 is 17.0 Å². The number of nitrogens with one attached hydrogen (secondary N) is 1. The summed E-state index contributed by atoms with van der Waals surface area (Å²) in [6.45, 7) is 7.28. The Labute approximate surface area is 100 Å². The molecule has 2 aromatic rings. The molecule has 0 aromatic carbocycles. The quantitative estimate of drug-likeness (QED) is 0.879. The normalized spacial score (nSPS) is 11.0. The Hall–Kier alpha value is -1.29. The van der Waals surface area contributed by atoms with Crippen molar-refractivity contribution in [1.29, 1.82) is 0 Å². The van der Waals surface area contributed by atoms with Gasteiger partial charge in [0.15, 0.2) is 0 Å². The minimum absolute atomic E-state index is 0.416. The third kappa shape index (κ3) is 2.44. The highest BCUT2D eigenvalue weighted by molar-refractivity contribution is 7.10. The topological polar surface area (TPSA) is 29.9 Å². The van der Waals surface area contributed by atoms with Crippen LogP contribution in [0.15, 0.2) is 23.8 Å². The number of thiophene rings is 1. The number of rotatable bonds is 4. The molecule has 0 aliphatic heterocycles. The molecule has 0 saturated carbocycles. The molecule has 0 fully saturated rings. The Morgan fingerprint density at radius 1 is 1.50 bits per heavy atom. The van der Waals surface area contributed by atoms with Crippen molar-refractivity contribution in [3.63, 3.8) is 0 Å². The van der Waals surface area contributed by atoms with Gasteiger partial charge in [-0.25, -0.2) is 0 Å². The fourth-order valence-electron chi connectivity index (χ4n) is 1.48. The van der Waals surface area contributed by atoms with Gasteiger partial charge in [0.25, 0.3) is 0 Å². The van der Waals surface area contributed by atoms with Gasteiger partial charge in [-0.05, 0) is 37.8 Å². The Morgan fingerprint density at radius 3 is 2.88 bits per heavy atom. The first-order chi connectivity index (χ1) is 7.66. The first-order valence-electron chi connectivity index (χ1n) is 5.48. The second-order valence-electron chi connectivity index (χ2n) is 4.18. The third-order valence-electron chi connectivity index (χ3n) is 2.55. The van der Waals surface area contributed by atoms with Gasteiger partial charge in [0, 0.05) is 23.7 Å². The van der Waals surface area contributed by atoms with Gasteiger partial charge >= 0.3 is 0 Å². The maximum atomic E-state index is 4.30. The maximum Gasteiger partial charge on any atom is 0.0729 e. The third-order valence-corrected chi connectivity index (χ3v) is 3.57. The summed E-state index contributed by atoms with van der Waals surface area (Å²) < 4.78 is 1.96. The molecule has 0 spiro atoms. The fourth-order valence-corrected chi connectivity index (χ4v) is 2.33. The van der Waals surface area contributed by atoms with Crippen LogP contribution in [0.4, 0.5) is 5.69 Å². The minimum atomic E-state index is 0.416. The first-order valence-corrected chi connectivity index (χ1v) is 6.36. The second kappa shape index (κ2) is 4.70. The lowest BCUT2D eigenvalue weighted by Gasteiger charge is -2.04. The van der Waals surface area contributed by atoms with E-state index in [1.54, 1.807) is 11.3 Å². The van der Waals surface area contributed by atoms with Crippen LogP contribution in [0, 0.1) is 6.92 Å². The average Bonchev–Trinajstić information content (AvgIpc) is 2.83. The molecular weight excluding hydrogens is 218 g/mol. The highest BCUT2D eigenvalue weighted by atomic mass is 32.1. The number of aryl methyl sites for hydroxylation is 1. The smallest absolute Gasteiger partial charge is 0.0729 e. The molecule has 0 amide bonds. The molecule has 0 aliphatic rings. The van der Waals surface area contributed by atoms with Gasteiger partial charge < -0.3 is 5.32 Å². The van der Waals surface area contributed by atoms with Crippen LogP contribution >= 0.6 is 11.3 Å². The van der Waals surface area contributed by atoms with Gasteiger partial charge in [0.05, 0.1) is 11.9 Å². The molecule has 2 rings (SSSR count). The van der Waals surface area contributed by atoms with Crippen molar-refractivity contribution in [1.82, 2.24) is 9.78 Å². The van der Waals surface area contributed by atoms with E-state index < -0.39 is 0 Å². The molecule has 3 nitrogen and oxygen atoms in total. The van der Waals surface area contributed by atoms with Crippen LogP contribution in [-0.4, -0.2) is 9.78 Å². The van der Waals surface area contributed by atoms with Crippen molar-refractivity contribution in [3.05, 3.63) is 34.3 Å². The molecule has 4 heteroatoms. The van der Waals surface area contributed by atoms with Crippen LogP contribution in [0.5, 0.6) is 0 Å². The standard InChI is InChI=1S/C12H17N3S/c1-9(2)15-8-11(6-14-15)13-7-12-10(3)4-5-16-12/h4-6,8-9,13H,7H2,1-3H3. The summed E-state index contributed by atoms with van der Waals surface area (Å²) in [4.78, 5) is 1.39. The zero-order valence-corrected chi connectivity index (χ0v) is 10.7. The predicted molar refractivity (Wildman–Crippen MR) is 69.0 cm³/mol. The average molecular weight is 235 g/mol. The minimum Gasteiger partial charge on any atom is -0.378 e. The number of anilines is 1. The maximum absolute atomic E-state index is 4.30. The van der Waals surface area contributed by atoms with Gasteiger partial charge in [0.2, 0.25) is 0 Å². The fraction of sp³-hybridized carbons (Fsp3) is 0.417. The molecular formula is C12H17N3S. The molecule has 0 aliphatic carbocycles. The van der Waals surface area contributed by atoms with Crippen LogP contribution in [0.25, 0.3) is 0 Å². The van der Waals surface area contributed by atoms with Gasteiger partial charge in [0.1, 0.15) is 0 Å². The molecule has 1 N–H and O–H groups in total. The first kappa shape index (κ1) is 11.2. The summed E-state index contributed by atoms with van der Waals surface area (Å²) in [6.07, 6.45) is 3.93. The van der Waals surface area contributed by atoms with Crippen LogP contribution < -0.4 is 5.32 Å². The van der Waals surface area contributed by atoms with Crippen molar-refractivity contribution in [2.45, 2.75) is 33.4 Å². The Morgan fingerprint density at radius 2 is 2.31 bits per heavy atom. The number of nitrogens with zero attached hydrogens (tertiary/aromatic N) is 2. The molecule has 0 bridgehead atoms. The zero-order valence-electron chi connectivity index (χ0n) is 9.90. The SMILES string of the molecule is Cc1ccsc1CNc1cnn(C(C)C)c1. The van der Waals surface area contributed by atoms with Gasteiger partial charge in [-0.15, -0.1) is 11.3 Å². The largest absolute Gasteiger partial charge is 0.378 e. The Balaban J connectivity index is 1.97. The van der Waals surface area contributed by atoms with E-state index in [1.807, 2.05) is 17.1 Å². The van der Waals surface area contributed by atoms with E-state index in [1.165, 1.54) is 10.4 Å². The highest BCUT2D eigenvalue weighted by Crippen LogP contribution is 2.17. The lowest BCUT2D eigenvalue weighted by molar-refractivity contribution is 0.532. The molecule has 0 radical (unpaired) electrons. The van der Waals surface area contributed by atoms with E-state index in [9.17, 15) is 0 Å². The molecule has 0 atom stereocenters.